The maximum atomic E-state index is 12.9. The van der Waals surface area contributed by atoms with Crippen LogP contribution in [0.15, 0.2) is 22.8 Å². The van der Waals surface area contributed by atoms with Crippen LogP contribution in [0.4, 0.5) is 10.2 Å². The zero-order valence-electron chi connectivity index (χ0n) is 10.7. The van der Waals surface area contributed by atoms with Crippen LogP contribution in [0.3, 0.4) is 0 Å². The zero-order chi connectivity index (χ0) is 14.0. The molecule has 2 N–H and O–H groups in total. The summed E-state index contributed by atoms with van der Waals surface area (Å²) in [5.74, 6) is 0.832. The van der Waals surface area contributed by atoms with Crippen LogP contribution in [0.2, 0.25) is 0 Å². The second-order valence-electron chi connectivity index (χ2n) is 4.65. The Morgan fingerprint density at radius 2 is 2.05 bits per heavy atom. The molecule has 100 valence electrons. The summed E-state index contributed by atoms with van der Waals surface area (Å²) in [6.45, 7) is 4.20. The van der Waals surface area contributed by atoms with Gasteiger partial charge in [0, 0.05) is 0 Å². The normalized spacial score (nSPS) is 11.0. The van der Waals surface area contributed by atoms with Gasteiger partial charge in [0.25, 0.3) is 0 Å². The van der Waals surface area contributed by atoms with Gasteiger partial charge in [0.2, 0.25) is 0 Å². The topological polar surface area (TPSA) is 64.7 Å². The molecule has 0 fully saturated rings. The lowest BCUT2D eigenvalue weighted by Gasteiger charge is -2.10. The van der Waals surface area contributed by atoms with Gasteiger partial charge >= 0.3 is 0 Å². The van der Waals surface area contributed by atoms with E-state index in [4.69, 9.17) is 5.73 Å². The van der Waals surface area contributed by atoms with Crippen LogP contribution in [0, 0.1) is 11.7 Å². The molecule has 2 aromatic rings. The highest BCUT2D eigenvalue weighted by atomic mass is 79.9. The summed E-state index contributed by atoms with van der Waals surface area (Å²) in [5.41, 5.74) is 7.21. The molecule has 0 bridgehead atoms. The van der Waals surface area contributed by atoms with Crippen molar-refractivity contribution in [3.8, 4) is 11.5 Å². The standard InChI is InChI=1S/C13H14BrFN4/c1-7(2)5-10-11(14)12(16)19-13(18-10)9-4-3-8(15)6-17-9/h3-4,6-7H,5H2,1-2H3,(H2,16,18,19). The minimum Gasteiger partial charge on any atom is -0.383 e. The van der Waals surface area contributed by atoms with Crippen LogP contribution in [-0.2, 0) is 6.42 Å². The van der Waals surface area contributed by atoms with E-state index in [0.717, 1.165) is 18.3 Å². The highest BCUT2D eigenvalue weighted by molar-refractivity contribution is 9.10. The molecule has 0 spiro atoms. The molecule has 0 amide bonds. The maximum absolute atomic E-state index is 12.9. The average Bonchev–Trinajstić information content (AvgIpc) is 2.35. The third-order valence-electron chi connectivity index (χ3n) is 2.50. The van der Waals surface area contributed by atoms with Crippen molar-refractivity contribution < 1.29 is 4.39 Å². The van der Waals surface area contributed by atoms with Crippen LogP contribution in [0.1, 0.15) is 19.5 Å². The Bertz CT molecular complexity index is 584. The zero-order valence-corrected chi connectivity index (χ0v) is 12.3. The molecule has 0 aliphatic carbocycles. The van der Waals surface area contributed by atoms with Crippen molar-refractivity contribution in [3.05, 3.63) is 34.3 Å². The van der Waals surface area contributed by atoms with Crippen LogP contribution in [-0.4, -0.2) is 15.0 Å². The van der Waals surface area contributed by atoms with Gasteiger partial charge in [-0.2, -0.15) is 0 Å². The molecular weight excluding hydrogens is 311 g/mol. The van der Waals surface area contributed by atoms with E-state index in [1.165, 1.54) is 12.1 Å². The van der Waals surface area contributed by atoms with Crippen LogP contribution in [0.25, 0.3) is 11.5 Å². The summed E-state index contributed by atoms with van der Waals surface area (Å²) in [4.78, 5) is 12.6. The third kappa shape index (κ3) is 3.26. The summed E-state index contributed by atoms with van der Waals surface area (Å²) in [6.07, 6.45) is 1.92. The SMILES string of the molecule is CC(C)Cc1nc(-c2ccc(F)cn2)nc(N)c1Br. The Labute approximate surface area is 119 Å². The number of rotatable bonds is 3. The van der Waals surface area contributed by atoms with Crippen molar-refractivity contribution in [2.45, 2.75) is 20.3 Å². The number of pyridine rings is 1. The van der Waals surface area contributed by atoms with Crippen molar-refractivity contribution in [1.82, 2.24) is 15.0 Å². The van der Waals surface area contributed by atoms with Crippen molar-refractivity contribution >= 4 is 21.7 Å². The fourth-order valence-corrected chi connectivity index (χ4v) is 2.00. The van der Waals surface area contributed by atoms with E-state index in [1.807, 2.05) is 0 Å². The fraction of sp³-hybridized carbons (Fsp3) is 0.308. The number of halogens is 2. The number of hydrogen-bond donors (Lipinski definition) is 1. The molecule has 2 aromatic heterocycles. The van der Waals surface area contributed by atoms with Gasteiger partial charge in [-0.25, -0.2) is 19.3 Å². The Morgan fingerprint density at radius 1 is 1.32 bits per heavy atom. The summed E-state index contributed by atoms with van der Waals surface area (Å²) in [7, 11) is 0. The monoisotopic (exact) mass is 324 g/mol. The van der Waals surface area contributed by atoms with E-state index in [2.05, 4.69) is 44.7 Å². The lowest BCUT2D eigenvalue weighted by molar-refractivity contribution is 0.621. The molecule has 0 aromatic carbocycles. The van der Waals surface area contributed by atoms with Gasteiger partial charge in [-0.1, -0.05) is 13.8 Å². The van der Waals surface area contributed by atoms with Gasteiger partial charge in [0.1, 0.15) is 17.3 Å². The number of nitrogen functional groups attached to an aromatic ring is 1. The van der Waals surface area contributed by atoms with Gasteiger partial charge in [-0.15, -0.1) is 0 Å². The van der Waals surface area contributed by atoms with E-state index in [9.17, 15) is 4.39 Å². The molecule has 6 heteroatoms. The highest BCUT2D eigenvalue weighted by Crippen LogP contribution is 2.26. The molecular formula is C13H14BrFN4. The molecule has 0 aliphatic rings. The Balaban J connectivity index is 2.46. The molecule has 19 heavy (non-hydrogen) atoms. The smallest absolute Gasteiger partial charge is 0.180 e. The molecule has 2 rings (SSSR count). The van der Waals surface area contributed by atoms with E-state index < -0.39 is 5.82 Å². The van der Waals surface area contributed by atoms with E-state index in [-0.39, 0.29) is 0 Å². The first-order valence-corrected chi connectivity index (χ1v) is 6.70. The average molecular weight is 325 g/mol. The lowest BCUT2D eigenvalue weighted by atomic mass is 10.1. The first-order chi connectivity index (χ1) is 8.97. The Hall–Kier alpha value is -1.56. The number of anilines is 1. The maximum Gasteiger partial charge on any atom is 0.180 e. The van der Waals surface area contributed by atoms with Gasteiger partial charge in [-0.05, 0) is 40.4 Å². The van der Waals surface area contributed by atoms with E-state index in [1.54, 1.807) is 0 Å². The van der Waals surface area contributed by atoms with Gasteiger partial charge < -0.3 is 5.73 Å². The van der Waals surface area contributed by atoms with E-state index >= 15 is 0 Å². The molecule has 0 saturated carbocycles. The molecule has 0 unspecified atom stereocenters. The fourth-order valence-electron chi connectivity index (χ4n) is 1.66. The number of hydrogen-bond acceptors (Lipinski definition) is 4. The van der Waals surface area contributed by atoms with Crippen molar-refractivity contribution in [3.63, 3.8) is 0 Å². The quantitative estimate of drug-likeness (QED) is 0.941. The summed E-state index contributed by atoms with van der Waals surface area (Å²) in [5, 5.41) is 0. The first-order valence-electron chi connectivity index (χ1n) is 5.91. The minimum absolute atomic E-state index is 0.367. The second kappa shape index (κ2) is 5.61. The molecule has 2 heterocycles. The van der Waals surface area contributed by atoms with E-state index in [0.29, 0.717) is 27.7 Å². The summed E-state index contributed by atoms with van der Waals surface area (Å²) in [6, 6.07) is 2.86. The number of nitrogens with two attached hydrogens (primary N) is 1. The third-order valence-corrected chi connectivity index (χ3v) is 3.37. The van der Waals surface area contributed by atoms with Crippen LogP contribution in [0.5, 0.6) is 0 Å². The number of nitrogens with zero attached hydrogens (tertiary/aromatic N) is 3. The largest absolute Gasteiger partial charge is 0.383 e. The Kier molecular flexibility index (Phi) is 4.09. The summed E-state index contributed by atoms with van der Waals surface area (Å²) >= 11 is 3.40. The lowest BCUT2D eigenvalue weighted by Crippen LogP contribution is -2.06. The second-order valence-corrected chi connectivity index (χ2v) is 5.45. The molecule has 0 saturated heterocycles. The minimum atomic E-state index is -0.392. The van der Waals surface area contributed by atoms with Crippen molar-refractivity contribution in [1.29, 1.82) is 0 Å². The van der Waals surface area contributed by atoms with Crippen LogP contribution < -0.4 is 5.73 Å². The summed E-state index contributed by atoms with van der Waals surface area (Å²) < 4.78 is 13.6. The molecule has 0 aliphatic heterocycles. The predicted molar refractivity (Wildman–Crippen MR) is 75.9 cm³/mol. The Morgan fingerprint density at radius 3 is 2.63 bits per heavy atom. The van der Waals surface area contributed by atoms with Crippen LogP contribution >= 0.6 is 15.9 Å². The molecule has 0 atom stereocenters. The first kappa shape index (κ1) is 13.9. The van der Waals surface area contributed by atoms with Crippen molar-refractivity contribution in [2.75, 3.05) is 5.73 Å². The van der Waals surface area contributed by atoms with Gasteiger partial charge in [-0.3, -0.25) is 0 Å². The molecule has 0 radical (unpaired) electrons. The van der Waals surface area contributed by atoms with Gasteiger partial charge in [0.15, 0.2) is 5.82 Å². The number of aromatic nitrogens is 3. The predicted octanol–water partition coefficient (Wildman–Crippen LogP) is 3.22. The molecule has 4 nitrogen and oxygen atoms in total. The van der Waals surface area contributed by atoms with Crippen molar-refractivity contribution in [2.24, 2.45) is 5.92 Å². The van der Waals surface area contributed by atoms with Gasteiger partial charge in [0.05, 0.1) is 16.4 Å². The highest BCUT2D eigenvalue weighted by Gasteiger charge is 2.13.